The summed E-state index contributed by atoms with van der Waals surface area (Å²) >= 11 is 0. The number of nitrogens with one attached hydrogen (secondary N) is 1. The van der Waals surface area contributed by atoms with Crippen LogP contribution in [0.25, 0.3) is 0 Å². The Morgan fingerprint density at radius 2 is 2.10 bits per heavy atom. The smallest absolute Gasteiger partial charge is 0.246 e. The second-order valence-corrected chi connectivity index (χ2v) is 5.52. The lowest BCUT2D eigenvalue weighted by atomic mass is 9.95. The number of carbonyl (C=O) groups is 2. The molecule has 0 spiro atoms. The lowest BCUT2D eigenvalue weighted by Gasteiger charge is -2.37. The van der Waals surface area contributed by atoms with Crippen LogP contribution >= 0.6 is 0 Å². The zero-order valence-corrected chi connectivity index (χ0v) is 12.5. The van der Waals surface area contributed by atoms with Crippen molar-refractivity contribution in [2.24, 2.45) is 5.92 Å². The summed E-state index contributed by atoms with van der Waals surface area (Å²) in [6, 6.07) is 3.07. The van der Waals surface area contributed by atoms with Crippen molar-refractivity contribution in [3.8, 4) is 0 Å². The predicted octanol–water partition coefficient (Wildman–Crippen LogP) is 2.02. The van der Waals surface area contributed by atoms with Crippen molar-refractivity contribution in [3.05, 3.63) is 23.7 Å². The van der Waals surface area contributed by atoms with E-state index in [0.717, 1.165) is 12.2 Å². The fourth-order valence-corrected chi connectivity index (χ4v) is 2.47. The number of piperazine rings is 1. The summed E-state index contributed by atoms with van der Waals surface area (Å²) < 4.78 is 5.58. The molecule has 1 N–H and O–H groups in total. The normalized spacial score (nSPS) is 22.6. The number of rotatable bonds is 4. The Hall–Kier alpha value is -1.78. The molecule has 3 unspecified atom stereocenters. The highest BCUT2D eigenvalue weighted by molar-refractivity contribution is 5.95. The molecule has 110 valence electrons. The van der Waals surface area contributed by atoms with Crippen LogP contribution in [-0.4, -0.2) is 29.3 Å². The van der Waals surface area contributed by atoms with Gasteiger partial charge in [-0.3, -0.25) is 9.59 Å². The molecule has 2 amide bonds. The average Bonchev–Trinajstić information content (AvgIpc) is 2.86. The maximum Gasteiger partial charge on any atom is 0.246 e. The number of furan rings is 1. The fraction of sp³-hybridized carbons (Fsp3) is 0.600. The molecular formula is C15H22N2O3. The molecule has 0 aliphatic carbocycles. The number of hydrogen-bond donors (Lipinski definition) is 1. The third-order valence-corrected chi connectivity index (χ3v) is 4.03. The molecule has 1 fully saturated rings. The van der Waals surface area contributed by atoms with E-state index in [-0.39, 0.29) is 30.3 Å². The third kappa shape index (κ3) is 2.71. The van der Waals surface area contributed by atoms with Crippen molar-refractivity contribution in [2.75, 3.05) is 6.54 Å². The van der Waals surface area contributed by atoms with Crippen LogP contribution in [0.2, 0.25) is 0 Å². The quantitative estimate of drug-likeness (QED) is 0.916. The summed E-state index contributed by atoms with van der Waals surface area (Å²) in [5.74, 6) is 1.51. The molecule has 0 bridgehead atoms. The molecule has 2 heterocycles. The first-order valence-corrected chi connectivity index (χ1v) is 7.10. The van der Waals surface area contributed by atoms with E-state index in [1.807, 2.05) is 39.8 Å². The molecule has 2 rings (SSSR count). The summed E-state index contributed by atoms with van der Waals surface area (Å²) in [6.45, 7) is 7.84. The molecule has 0 saturated carbocycles. The van der Waals surface area contributed by atoms with E-state index in [1.54, 1.807) is 4.90 Å². The van der Waals surface area contributed by atoms with Gasteiger partial charge in [0.2, 0.25) is 11.8 Å². The van der Waals surface area contributed by atoms with E-state index >= 15 is 0 Å². The summed E-state index contributed by atoms with van der Waals surface area (Å²) in [5, 5.41) is 2.80. The SMILES string of the molecule is CCC(C)C1NC(=O)CN(C(C)c2ccc(C)o2)C1=O. The Balaban J connectivity index is 2.21. The topological polar surface area (TPSA) is 62.6 Å². The van der Waals surface area contributed by atoms with Crippen molar-refractivity contribution in [1.82, 2.24) is 10.2 Å². The highest BCUT2D eigenvalue weighted by Crippen LogP contribution is 2.26. The van der Waals surface area contributed by atoms with Crippen molar-refractivity contribution in [3.63, 3.8) is 0 Å². The van der Waals surface area contributed by atoms with Gasteiger partial charge in [-0.2, -0.15) is 0 Å². The third-order valence-electron chi connectivity index (χ3n) is 4.03. The van der Waals surface area contributed by atoms with E-state index in [0.29, 0.717) is 5.76 Å². The van der Waals surface area contributed by atoms with Crippen LogP contribution in [0.3, 0.4) is 0 Å². The lowest BCUT2D eigenvalue weighted by Crippen LogP contribution is -2.60. The van der Waals surface area contributed by atoms with Crippen LogP contribution in [0, 0.1) is 12.8 Å². The van der Waals surface area contributed by atoms with Crippen LogP contribution in [0.5, 0.6) is 0 Å². The summed E-state index contributed by atoms with van der Waals surface area (Å²) in [4.78, 5) is 26.0. The number of hydrogen-bond acceptors (Lipinski definition) is 3. The molecule has 0 aromatic carbocycles. The van der Waals surface area contributed by atoms with E-state index in [4.69, 9.17) is 4.42 Å². The summed E-state index contributed by atoms with van der Waals surface area (Å²) in [6.07, 6.45) is 0.846. The standard InChI is InChI=1S/C15H22N2O3/c1-5-9(2)14-15(19)17(8-13(18)16-14)11(4)12-7-6-10(3)20-12/h6-7,9,11,14H,5,8H2,1-4H3,(H,16,18). The van der Waals surface area contributed by atoms with Crippen molar-refractivity contribution in [2.45, 2.75) is 46.2 Å². The second-order valence-electron chi connectivity index (χ2n) is 5.52. The number of carbonyl (C=O) groups excluding carboxylic acids is 2. The van der Waals surface area contributed by atoms with Gasteiger partial charge in [-0.15, -0.1) is 0 Å². The van der Waals surface area contributed by atoms with Gasteiger partial charge in [0.05, 0.1) is 6.04 Å². The van der Waals surface area contributed by atoms with Gasteiger partial charge in [0.25, 0.3) is 0 Å². The molecule has 1 aliphatic rings. The first-order chi connectivity index (χ1) is 9.43. The van der Waals surface area contributed by atoms with Gasteiger partial charge in [-0.05, 0) is 31.9 Å². The van der Waals surface area contributed by atoms with Crippen LogP contribution in [0.15, 0.2) is 16.5 Å². The Morgan fingerprint density at radius 1 is 1.40 bits per heavy atom. The fourth-order valence-electron chi connectivity index (χ4n) is 2.47. The van der Waals surface area contributed by atoms with Gasteiger partial charge in [0, 0.05) is 0 Å². The second kappa shape index (κ2) is 5.69. The first kappa shape index (κ1) is 14.6. The molecule has 1 aromatic heterocycles. The minimum absolute atomic E-state index is 0.0273. The van der Waals surface area contributed by atoms with E-state index in [2.05, 4.69) is 5.32 Å². The number of nitrogens with zero attached hydrogens (tertiary/aromatic N) is 1. The van der Waals surface area contributed by atoms with Crippen LogP contribution in [-0.2, 0) is 9.59 Å². The van der Waals surface area contributed by atoms with Crippen LogP contribution in [0.1, 0.15) is 44.8 Å². The van der Waals surface area contributed by atoms with E-state index < -0.39 is 6.04 Å². The van der Waals surface area contributed by atoms with Crippen LogP contribution < -0.4 is 5.32 Å². The van der Waals surface area contributed by atoms with Crippen molar-refractivity contribution < 1.29 is 14.0 Å². The van der Waals surface area contributed by atoms with Crippen molar-refractivity contribution in [1.29, 1.82) is 0 Å². The van der Waals surface area contributed by atoms with E-state index in [9.17, 15) is 9.59 Å². The molecule has 0 radical (unpaired) electrons. The van der Waals surface area contributed by atoms with Gasteiger partial charge < -0.3 is 14.6 Å². The van der Waals surface area contributed by atoms with Crippen molar-refractivity contribution >= 4 is 11.8 Å². The zero-order valence-electron chi connectivity index (χ0n) is 12.5. The van der Waals surface area contributed by atoms with Gasteiger partial charge in [0.15, 0.2) is 0 Å². The van der Waals surface area contributed by atoms with Gasteiger partial charge in [0.1, 0.15) is 24.1 Å². The Bertz CT molecular complexity index is 509. The van der Waals surface area contributed by atoms with Gasteiger partial charge in [-0.1, -0.05) is 20.3 Å². The lowest BCUT2D eigenvalue weighted by molar-refractivity contribution is -0.148. The number of aryl methyl sites for hydroxylation is 1. The minimum Gasteiger partial charge on any atom is -0.464 e. The van der Waals surface area contributed by atoms with Gasteiger partial charge >= 0.3 is 0 Å². The molecular weight excluding hydrogens is 256 g/mol. The molecule has 20 heavy (non-hydrogen) atoms. The summed E-state index contributed by atoms with van der Waals surface area (Å²) in [5.41, 5.74) is 0. The molecule has 3 atom stereocenters. The number of amides is 2. The Labute approximate surface area is 119 Å². The maximum atomic E-state index is 12.6. The monoisotopic (exact) mass is 278 g/mol. The molecule has 1 aliphatic heterocycles. The Morgan fingerprint density at radius 3 is 2.65 bits per heavy atom. The molecule has 1 saturated heterocycles. The van der Waals surface area contributed by atoms with E-state index in [1.165, 1.54) is 0 Å². The largest absolute Gasteiger partial charge is 0.464 e. The molecule has 5 heteroatoms. The first-order valence-electron chi connectivity index (χ1n) is 7.10. The highest BCUT2D eigenvalue weighted by atomic mass is 16.3. The average molecular weight is 278 g/mol. The predicted molar refractivity (Wildman–Crippen MR) is 75.0 cm³/mol. The highest BCUT2D eigenvalue weighted by Gasteiger charge is 2.38. The van der Waals surface area contributed by atoms with Crippen LogP contribution in [0.4, 0.5) is 0 Å². The maximum absolute atomic E-state index is 12.6. The zero-order chi connectivity index (χ0) is 14.9. The molecule has 5 nitrogen and oxygen atoms in total. The van der Waals surface area contributed by atoms with Gasteiger partial charge in [-0.25, -0.2) is 0 Å². The summed E-state index contributed by atoms with van der Waals surface area (Å²) in [7, 11) is 0. The molecule has 1 aromatic rings. The Kier molecular flexibility index (Phi) is 4.16. The minimum atomic E-state index is -0.431.